The van der Waals surface area contributed by atoms with Crippen LogP contribution >= 0.6 is 11.6 Å². The third kappa shape index (κ3) is 4.39. The van der Waals surface area contributed by atoms with Gasteiger partial charge in [-0.3, -0.25) is 4.79 Å². The van der Waals surface area contributed by atoms with Gasteiger partial charge in [0, 0.05) is 5.02 Å². The summed E-state index contributed by atoms with van der Waals surface area (Å²) in [4.78, 5) is 12.5. The Morgan fingerprint density at radius 2 is 1.81 bits per heavy atom. The summed E-state index contributed by atoms with van der Waals surface area (Å²) >= 11 is 6.03. The number of hydrogen-bond donors (Lipinski definition) is 1. The normalized spacial score (nSPS) is 15.7. The second kappa shape index (κ2) is 8.13. The Bertz CT molecular complexity index is 803. The molecule has 3 nitrogen and oxygen atoms in total. The van der Waals surface area contributed by atoms with E-state index in [9.17, 15) is 4.79 Å². The molecule has 0 unspecified atom stereocenters. The minimum Gasteiger partial charge on any atom is -0.481 e. The van der Waals surface area contributed by atoms with E-state index in [1.54, 1.807) is 19.1 Å². The van der Waals surface area contributed by atoms with E-state index in [4.69, 9.17) is 16.3 Å². The lowest BCUT2D eigenvalue weighted by Crippen LogP contribution is -2.37. The molecule has 0 radical (unpaired) electrons. The number of carbonyl (C=O) groups excluding carboxylic acids is 1. The smallest absolute Gasteiger partial charge is 0.261 e. The summed E-state index contributed by atoms with van der Waals surface area (Å²) in [5.74, 6) is 0.527. The summed E-state index contributed by atoms with van der Waals surface area (Å²) in [6.07, 6.45) is 4.26. The van der Waals surface area contributed by atoms with Gasteiger partial charge >= 0.3 is 0 Å². The van der Waals surface area contributed by atoms with Gasteiger partial charge in [0.1, 0.15) is 5.75 Å². The lowest BCUT2D eigenvalue weighted by atomic mass is 9.89. The highest BCUT2D eigenvalue weighted by atomic mass is 35.5. The van der Waals surface area contributed by atoms with E-state index < -0.39 is 6.10 Å². The van der Waals surface area contributed by atoms with Crippen LogP contribution in [0.1, 0.15) is 55.0 Å². The first-order chi connectivity index (χ1) is 12.4. The van der Waals surface area contributed by atoms with E-state index in [-0.39, 0.29) is 11.9 Å². The fourth-order valence-electron chi connectivity index (χ4n) is 3.38. The van der Waals surface area contributed by atoms with E-state index in [0.717, 1.165) is 17.5 Å². The van der Waals surface area contributed by atoms with Crippen molar-refractivity contribution in [3.63, 3.8) is 0 Å². The van der Waals surface area contributed by atoms with Crippen molar-refractivity contribution in [2.45, 2.75) is 58.6 Å². The molecule has 0 fully saturated rings. The molecule has 26 heavy (non-hydrogen) atoms. The van der Waals surface area contributed by atoms with E-state index in [1.807, 2.05) is 19.9 Å². The highest BCUT2D eigenvalue weighted by Gasteiger charge is 2.19. The van der Waals surface area contributed by atoms with Gasteiger partial charge in [-0.15, -0.1) is 0 Å². The zero-order valence-corrected chi connectivity index (χ0v) is 16.4. The molecule has 0 heterocycles. The zero-order chi connectivity index (χ0) is 18.7. The molecular formula is C22H26ClNO2. The summed E-state index contributed by atoms with van der Waals surface area (Å²) in [6.45, 7) is 5.69. The highest BCUT2D eigenvalue weighted by molar-refractivity contribution is 6.31. The standard InChI is InChI=1S/C22H26ClNO2/c1-14-12-20(10-11-21(14)23)26-16(3)22(25)24-15(2)18-9-8-17-6-4-5-7-19(17)13-18/h8-13,15-16H,4-7H2,1-3H3,(H,24,25)/t15-,16+/m0/s1. The van der Waals surface area contributed by atoms with Crippen molar-refractivity contribution in [3.8, 4) is 5.75 Å². The fraction of sp³-hybridized carbons (Fsp3) is 0.409. The number of ether oxygens (including phenoxy) is 1. The first kappa shape index (κ1) is 18.8. The first-order valence-corrected chi connectivity index (χ1v) is 9.66. The Hall–Kier alpha value is -2.00. The average Bonchev–Trinajstić information content (AvgIpc) is 2.64. The van der Waals surface area contributed by atoms with Gasteiger partial charge in [-0.1, -0.05) is 29.8 Å². The first-order valence-electron chi connectivity index (χ1n) is 9.29. The molecule has 1 N–H and O–H groups in total. The molecule has 3 rings (SSSR count). The molecule has 1 aliphatic carbocycles. The van der Waals surface area contributed by atoms with Crippen molar-refractivity contribution in [2.24, 2.45) is 0 Å². The van der Waals surface area contributed by atoms with Crippen LogP contribution in [0.4, 0.5) is 0 Å². The average molecular weight is 372 g/mol. The van der Waals surface area contributed by atoms with Crippen LogP contribution in [0.5, 0.6) is 5.75 Å². The third-order valence-corrected chi connectivity index (χ3v) is 5.47. The molecule has 4 heteroatoms. The van der Waals surface area contributed by atoms with Crippen LogP contribution in [0.2, 0.25) is 5.02 Å². The van der Waals surface area contributed by atoms with Crippen LogP contribution < -0.4 is 10.1 Å². The highest BCUT2D eigenvalue weighted by Crippen LogP contribution is 2.25. The summed E-state index contributed by atoms with van der Waals surface area (Å²) in [6, 6.07) is 11.9. The summed E-state index contributed by atoms with van der Waals surface area (Å²) in [7, 11) is 0. The van der Waals surface area contributed by atoms with Crippen molar-refractivity contribution in [1.29, 1.82) is 0 Å². The van der Waals surface area contributed by atoms with E-state index in [0.29, 0.717) is 10.8 Å². The van der Waals surface area contributed by atoms with Gasteiger partial charge in [0.15, 0.2) is 6.10 Å². The Morgan fingerprint density at radius 1 is 1.08 bits per heavy atom. The quantitative estimate of drug-likeness (QED) is 0.787. The van der Waals surface area contributed by atoms with Crippen LogP contribution in [-0.4, -0.2) is 12.0 Å². The largest absolute Gasteiger partial charge is 0.481 e. The monoisotopic (exact) mass is 371 g/mol. The predicted octanol–water partition coefficient (Wildman–Crippen LogP) is 5.17. The van der Waals surface area contributed by atoms with Crippen LogP contribution in [0.25, 0.3) is 0 Å². The minimum atomic E-state index is -0.573. The molecule has 0 saturated carbocycles. The van der Waals surface area contributed by atoms with Gasteiger partial charge in [0.25, 0.3) is 5.91 Å². The minimum absolute atomic E-state index is 0.0484. The second-order valence-corrected chi connectivity index (χ2v) is 7.54. The van der Waals surface area contributed by atoms with Crippen molar-refractivity contribution in [1.82, 2.24) is 5.32 Å². The van der Waals surface area contributed by atoms with Gasteiger partial charge in [-0.25, -0.2) is 0 Å². The zero-order valence-electron chi connectivity index (χ0n) is 15.6. The van der Waals surface area contributed by atoms with Gasteiger partial charge in [0.05, 0.1) is 6.04 Å². The number of amides is 1. The maximum absolute atomic E-state index is 12.5. The van der Waals surface area contributed by atoms with Crippen LogP contribution in [-0.2, 0) is 17.6 Å². The summed E-state index contributed by atoms with van der Waals surface area (Å²) < 4.78 is 5.77. The fourth-order valence-corrected chi connectivity index (χ4v) is 3.50. The number of hydrogen-bond acceptors (Lipinski definition) is 2. The van der Waals surface area contributed by atoms with Gasteiger partial charge in [-0.05, 0) is 86.9 Å². The molecule has 0 spiro atoms. The topological polar surface area (TPSA) is 38.3 Å². The van der Waals surface area contributed by atoms with Crippen molar-refractivity contribution < 1.29 is 9.53 Å². The molecule has 2 aromatic carbocycles. The van der Waals surface area contributed by atoms with Gasteiger partial charge < -0.3 is 10.1 Å². The van der Waals surface area contributed by atoms with E-state index in [2.05, 4.69) is 23.5 Å². The van der Waals surface area contributed by atoms with Gasteiger partial charge in [0.2, 0.25) is 0 Å². The van der Waals surface area contributed by atoms with Crippen molar-refractivity contribution in [3.05, 3.63) is 63.7 Å². The molecule has 0 aliphatic heterocycles. The molecule has 2 aromatic rings. The number of benzene rings is 2. The number of nitrogens with one attached hydrogen (secondary N) is 1. The number of fused-ring (bicyclic) bond motifs is 1. The van der Waals surface area contributed by atoms with Crippen LogP contribution in [0.15, 0.2) is 36.4 Å². The number of rotatable bonds is 5. The third-order valence-electron chi connectivity index (χ3n) is 5.04. The van der Waals surface area contributed by atoms with Crippen LogP contribution in [0, 0.1) is 6.92 Å². The second-order valence-electron chi connectivity index (χ2n) is 7.14. The number of aryl methyl sites for hydroxylation is 3. The molecule has 138 valence electrons. The number of halogens is 1. The summed E-state index contributed by atoms with van der Waals surface area (Å²) in [5.41, 5.74) is 4.96. The lowest BCUT2D eigenvalue weighted by Gasteiger charge is -2.22. The molecule has 1 aliphatic rings. The molecular weight excluding hydrogens is 346 g/mol. The van der Waals surface area contributed by atoms with Crippen LogP contribution in [0.3, 0.4) is 0 Å². The maximum atomic E-state index is 12.5. The van der Waals surface area contributed by atoms with Crippen molar-refractivity contribution in [2.75, 3.05) is 0 Å². The Labute approximate surface area is 160 Å². The number of carbonyl (C=O) groups is 1. The Balaban J connectivity index is 1.62. The summed E-state index contributed by atoms with van der Waals surface area (Å²) in [5, 5.41) is 3.75. The van der Waals surface area contributed by atoms with E-state index >= 15 is 0 Å². The van der Waals surface area contributed by atoms with Gasteiger partial charge in [-0.2, -0.15) is 0 Å². The molecule has 2 atom stereocenters. The molecule has 0 saturated heterocycles. The Morgan fingerprint density at radius 3 is 2.54 bits per heavy atom. The van der Waals surface area contributed by atoms with Crippen molar-refractivity contribution >= 4 is 17.5 Å². The lowest BCUT2D eigenvalue weighted by molar-refractivity contribution is -0.127. The molecule has 0 aromatic heterocycles. The SMILES string of the molecule is Cc1cc(O[C@H](C)C(=O)N[C@@H](C)c2ccc3c(c2)CCCC3)ccc1Cl. The molecule has 0 bridgehead atoms. The maximum Gasteiger partial charge on any atom is 0.261 e. The molecule has 1 amide bonds. The van der Waals surface area contributed by atoms with E-state index in [1.165, 1.54) is 30.4 Å². The Kier molecular flexibility index (Phi) is 5.87. The predicted molar refractivity (Wildman–Crippen MR) is 106 cm³/mol.